The van der Waals surface area contributed by atoms with E-state index in [1.54, 1.807) is 9.13 Å². The standard InChI is InChI=1S/C54H74F6N6O2/c1-5-9-13-15-17-19-21-25-29-39(27-23-11-7-3)65-49-47(61-41-33-31-37(53(55,56)57)35-43(41)63-49)45(51(65)67)46-48-50(64-44-36-38(54(58,59)60)32-34-42(44)62-48)66(52(46)68)40(28-24-12-8-4)30-26-22-20-18-16-14-10-6-2/h31-36,39-40,61-62H,5-30H2,1-4H3. The summed E-state index contributed by atoms with van der Waals surface area (Å²) in [4.78, 5) is 47.4. The van der Waals surface area contributed by atoms with Crippen molar-refractivity contribution in [2.45, 2.75) is 219 Å². The van der Waals surface area contributed by atoms with E-state index in [9.17, 15) is 26.3 Å². The Morgan fingerprint density at radius 1 is 0.456 bits per heavy atom. The van der Waals surface area contributed by atoms with E-state index >= 15 is 9.59 Å². The molecule has 2 N–H and O–H groups in total. The van der Waals surface area contributed by atoms with E-state index in [-0.39, 0.29) is 68.3 Å². The number of unbranched alkanes of at least 4 members (excludes halogenated alkanes) is 18. The van der Waals surface area contributed by atoms with Crippen LogP contribution in [-0.2, 0) is 12.4 Å². The van der Waals surface area contributed by atoms with E-state index < -0.39 is 34.6 Å². The molecule has 0 aromatic heterocycles. The van der Waals surface area contributed by atoms with Crippen LogP contribution in [-0.4, -0.2) is 29.1 Å². The molecule has 4 aliphatic rings. The number of fused-ring (bicyclic) bond motifs is 4. The molecule has 0 radical (unpaired) electrons. The fourth-order valence-corrected chi connectivity index (χ4v) is 10.1. The number of benzene rings is 2. The second kappa shape index (κ2) is 24.8. The normalized spacial score (nSPS) is 13.5. The minimum atomic E-state index is -4.63. The Balaban J connectivity index is 1.56. The third-order valence-electron chi connectivity index (χ3n) is 13.9. The van der Waals surface area contributed by atoms with Crippen LogP contribution >= 0.6 is 0 Å². The van der Waals surface area contributed by atoms with Crippen molar-refractivity contribution >= 4 is 22.1 Å². The van der Waals surface area contributed by atoms with E-state index in [1.807, 2.05) is 0 Å². The maximum atomic E-state index is 15.6. The maximum Gasteiger partial charge on any atom is 0.416 e. The SMILES string of the molecule is CCCCCCCCCCC(CCCCC)n1c2nc3cc(C(F)(F)F)ccc3[nH]c-2c(-c2c3[nH]c4ccc(C(F)(F)F)cc4nc-3n(C(CCCCC)CCCCCCCCCC)c2=O)c1=O. The lowest BCUT2D eigenvalue weighted by atomic mass is 10.0. The Bertz CT molecular complexity index is 2370. The molecule has 8 nitrogen and oxygen atoms in total. The van der Waals surface area contributed by atoms with E-state index in [0.29, 0.717) is 25.7 Å². The number of rotatable bonds is 29. The monoisotopic (exact) mass is 953 g/mol. The topological polar surface area (TPSA) is 101 Å². The van der Waals surface area contributed by atoms with Gasteiger partial charge in [-0.05, 0) is 62.1 Å². The van der Waals surface area contributed by atoms with Crippen molar-refractivity contribution in [3.05, 3.63) is 68.2 Å². The molecule has 0 bridgehead atoms. The lowest BCUT2D eigenvalue weighted by molar-refractivity contribution is -0.138. The van der Waals surface area contributed by atoms with Gasteiger partial charge in [0, 0.05) is 12.1 Å². The minimum Gasteiger partial charge on any atom is -0.350 e. The third-order valence-corrected chi connectivity index (χ3v) is 13.9. The number of halogens is 6. The number of alkyl halides is 6. The van der Waals surface area contributed by atoms with E-state index in [1.165, 1.54) is 63.5 Å². The van der Waals surface area contributed by atoms with Gasteiger partial charge in [-0.3, -0.25) is 18.7 Å². The Hall–Kier alpha value is -4.62. The van der Waals surface area contributed by atoms with Gasteiger partial charge in [0.15, 0.2) is 11.6 Å². The first-order valence-corrected chi connectivity index (χ1v) is 26.0. The van der Waals surface area contributed by atoms with Crippen LogP contribution < -0.4 is 11.1 Å². The smallest absolute Gasteiger partial charge is 0.350 e. The molecule has 0 spiro atoms. The summed E-state index contributed by atoms with van der Waals surface area (Å²) >= 11 is 0. The predicted octanol–water partition coefficient (Wildman–Crippen LogP) is 17.0. The van der Waals surface area contributed by atoms with Gasteiger partial charge in [0.1, 0.15) is 0 Å². The molecule has 4 aliphatic heterocycles. The molecule has 374 valence electrons. The summed E-state index contributed by atoms with van der Waals surface area (Å²) in [5.41, 5.74) is -1.64. The molecular weight excluding hydrogens is 879 g/mol. The second-order valence-corrected chi connectivity index (χ2v) is 19.3. The van der Waals surface area contributed by atoms with Gasteiger partial charge in [-0.25, -0.2) is 9.97 Å². The minimum absolute atomic E-state index is 0.0304. The molecule has 2 aromatic rings. The van der Waals surface area contributed by atoms with Gasteiger partial charge in [-0.2, -0.15) is 26.3 Å². The fourth-order valence-electron chi connectivity index (χ4n) is 10.1. The first-order valence-electron chi connectivity index (χ1n) is 26.0. The first-order chi connectivity index (χ1) is 32.7. The zero-order valence-corrected chi connectivity index (χ0v) is 40.9. The molecule has 6 rings (SSSR count). The number of aromatic amines is 2. The van der Waals surface area contributed by atoms with E-state index in [4.69, 9.17) is 9.97 Å². The summed E-state index contributed by atoms with van der Waals surface area (Å²) < 4.78 is 87.9. The molecule has 2 unspecified atom stereocenters. The van der Waals surface area contributed by atoms with Crippen LogP contribution in [0.3, 0.4) is 0 Å². The van der Waals surface area contributed by atoms with Crippen LogP contribution in [0.4, 0.5) is 26.3 Å². The highest BCUT2D eigenvalue weighted by Gasteiger charge is 2.38. The molecule has 0 aliphatic carbocycles. The van der Waals surface area contributed by atoms with Crippen molar-refractivity contribution < 1.29 is 26.3 Å². The number of aromatic nitrogens is 6. The van der Waals surface area contributed by atoms with Crippen LogP contribution in [0.5, 0.6) is 0 Å². The molecule has 68 heavy (non-hydrogen) atoms. The highest BCUT2D eigenvalue weighted by atomic mass is 19.4. The number of nitrogens with zero attached hydrogens (tertiary/aromatic N) is 4. The van der Waals surface area contributed by atoms with Gasteiger partial charge < -0.3 is 9.97 Å². The molecule has 2 atom stereocenters. The molecular formula is C54H74F6N6O2. The van der Waals surface area contributed by atoms with Gasteiger partial charge in [-0.1, -0.05) is 169 Å². The lowest BCUT2D eigenvalue weighted by Gasteiger charge is -2.20. The number of H-pyrrole nitrogens is 2. The van der Waals surface area contributed by atoms with Gasteiger partial charge in [0.2, 0.25) is 0 Å². The average Bonchev–Trinajstić information content (AvgIpc) is 3.73. The fraction of sp³-hybridized carbons (Fsp3) is 0.630. The molecule has 0 amide bonds. The highest BCUT2D eigenvalue weighted by molar-refractivity contribution is 5.93. The largest absolute Gasteiger partial charge is 0.416 e. The molecule has 0 saturated carbocycles. The Labute approximate surface area is 397 Å². The van der Waals surface area contributed by atoms with E-state index in [0.717, 1.165) is 114 Å². The lowest BCUT2D eigenvalue weighted by Crippen LogP contribution is -2.25. The van der Waals surface area contributed by atoms with Gasteiger partial charge in [-0.15, -0.1) is 0 Å². The van der Waals surface area contributed by atoms with Gasteiger partial charge >= 0.3 is 12.4 Å². The van der Waals surface area contributed by atoms with Crippen molar-refractivity contribution in [2.75, 3.05) is 0 Å². The molecule has 4 heterocycles. The van der Waals surface area contributed by atoms with Crippen LogP contribution in [0.15, 0.2) is 46.0 Å². The number of hydrogen-bond donors (Lipinski definition) is 2. The van der Waals surface area contributed by atoms with Crippen LogP contribution in [0.1, 0.15) is 218 Å². The molecule has 0 fully saturated rings. The first kappa shape index (κ1) is 52.7. The average molecular weight is 953 g/mol. The Kier molecular flexibility index (Phi) is 19.2. The second-order valence-electron chi connectivity index (χ2n) is 19.3. The van der Waals surface area contributed by atoms with Crippen molar-refractivity contribution in [1.29, 1.82) is 0 Å². The quantitative estimate of drug-likeness (QED) is 0.0361. The van der Waals surface area contributed by atoms with E-state index in [2.05, 4.69) is 37.7 Å². The van der Waals surface area contributed by atoms with Crippen molar-refractivity contribution in [3.8, 4) is 34.2 Å². The summed E-state index contributed by atoms with van der Waals surface area (Å²) in [6.07, 6.45) is 16.1. The maximum absolute atomic E-state index is 15.6. The van der Waals surface area contributed by atoms with Crippen molar-refractivity contribution in [2.24, 2.45) is 0 Å². The summed E-state index contributed by atoms with van der Waals surface area (Å²) in [6.45, 7) is 8.59. The van der Waals surface area contributed by atoms with Gasteiger partial charge in [0.05, 0.1) is 55.7 Å². The summed E-state index contributed by atoms with van der Waals surface area (Å²) in [6, 6.07) is 5.77. The zero-order chi connectivity index (χ0) is 48.8. The van der Waals surface area contributed by atoms with Crippen LogP contribution in [0, 0.1) is 0 Å². The zero-order valence-electron chi connectivity index (χ0n) is 40.9. The van der Waals surface area contributed by atoms with Crippen LogP contribution in [0.25, 0.3) is 56.2 Å². The third kappa shape index (κ3) is 13.0. The highest BCUT2D eigenvalue weighted by Crippen LogP contribution is 2.42. The van der Waals surface area contributed by atoms with Gasteiger partial charge in [0.25, 0.3) is 11.1 Å². The Morgan fingerprint density at radius 3 is 1.07 bits per heavy atom. The number of nitrogens with one attached hydrogen (secondary N) is 2. The van der Waals surface area contributed by atoms with Crippen LogP contribution in [0.2, 0.25) is 0 Å². The summed E-state index contributed by atoms with van der Waals surface area (Å²) in [7, 11) is 0. The molecule has 14 heteroatoms. The molecule has 2 aromatic carbocycles. The Morgan fingerprint density at radius 2 is 0.750 bits per heavy atom. The summed E-state index contributed by atoms with van der Waals surface area (Å²) in [5, 5.41) is 0. The molecule has 0 saturated heterocycles. The summed E-state index contributed by atoms with van der Waals surface area (Å²) in [5.74, 6) is 0.334. The predicted molar refractivity (Wildman–Crippen MR) is 264 cm³/mol. The van der Waals surface area contributed by atoms with Crippen molar-refractivity contribution in [3.63, 3.8) is 0 Å². The number of hydrogen-bond acceptors (Lipinski definition) is 4. The van der Waals surface area contributed by atoms with Crippen molar-refractivity contribution in [1.82, 2.24) is 29.1 Å².